The topological polar surface area (TPSA) is 18.5 Å². The lowest BCUT2D eigenvalue weighted by Gasteiger charge is -2.08. The van der Waals surface area contributed by atoms with Crippen molar-refractivity contribution in [3.63, 3.8) is 0 Å². The zero-order chi connectivity index (χ0) is 23.2. The fourth-order valence-electron chi connectivity index (χ4n) is 2.66. The monoisotopic (exact) mass is 450 g/mol. The summed E-state index contributed by atoms with van der Waals surface area (Å²) in [7, 11) is 0. The average molecular weight is 450 g/mol. The number of benzene rings is 3. The normalized spacial score (nSPS) is 12.4. The van der Waals surface area contributed by atoms with E-state index in [-0.39, 0.29) is 11.5 Å². The molecule has 0 unspecified atom stereocenters. The summed E-state index contributed by atoms with van der Waals surface area (Å²) in [6.45, 7) is 0. The van der Waals surface area contributed by atoms with Crippen molar-refractivity contribution in [1.29, 1.82) is 0 Å². The van der Waals surface area contributed by atoms with Gasteiger partial charge in [0.25, 0.3) is 0 Å². The highest BCUT2D eigenvalue weighted by atomic mass is 19.4. The molecule has 0 radical (unpaired) electrons. The minimum absolute atomic E-state index is 0.284. The second-order valence-electron chi connectivity index (χ2n) is 6.57. The first-order valence-corrected chi connectivity index (χ1v) is 9.24. The SMILES string of the molecule is FC(F)(F)Oc1ccc(/C=C/c2ccc(/C=C/c3ccc(OC(F)(F)F)cc3)cc2)cc1. The van der Waals surface area contributed by atoms with Crippen LogP contribution >= 0.6 is 0 Å². The van der Waals surface area contributed by atoms with E-state index in [9.17, 15) is 26.3 Å². The molecule has 3 aromatic rings. The van der Waals surface area contributed by atoms with Crippen molar-refractivity contribution in [1.82, 2.24) is 0 Å². The summed E-state index contributed by atoms with van der Waals surface area (Å²) < 4.78 is 80.8. The third kappa shape index (κ3) is 7.86. The standard InChI is InChI=1S/C24H16F6O2/c25-23(26,27)31-21-13-9-19(10-14-21)7-5-17-1-2-18(4-3-17)6-8-20-11-15-22(16-12-20)32-24(28,29)30/h1-16H/b7-5+,8-6+. The molecule has 0 N–H and O–H groups in total. The van der Waals surface area contributed by atoms with Crippen LogP contribution in [0.1, 0.15) is 22.3 Å². The second kappa shape index (κ2) is 9.64. The van der Waals surface area contributed by atoms with Gasteiger partial charge in [-0.2, -0.15) is 0 Å². The molecule has 0 saturated heterocycles. The molecule has 0 spiro atoms. The Balaban J connectivity index is 1.58. The number of halogens is 6. The van der Waals surface area contributed by atoms with Crippen molar-refractivity contribution >= 4 is 24.3 Å². The highest BCUT2D eigenvalue weighted by molar-refractivity contribution is 5.73. The maximum Gasteiger partial charge on any atom is 0.573 e. The lowest BCUT2D eigenvalue weighted by Crippen LogP contribution is -2.16. The van der Waals surface area contributed by atoms with E-state index in [4.69, 9.17) is 0 Å². The first-order chi connectivity index (χ1) is 15.1. The Morgan fingerprint density at radius 1 is 0.406 bits per heavy atom. The van der Waals surface area contributed by atoms with Gasteiger partial charge >= 0.3 is 12.7 Å². The summed E-state index contributed by atoms with van der Waals surface area (Å²) in [4.78, 5) is 0. The Bertz CT molecular complexity index is 973. The Hall–Kier alpha value is -3.68. The van der Waals surface area contributed by atoms with Crippen molar-refractivity contribution in [2.24, 2.45) is 0 Å². The van der Waals surface area contributed by atoms with Gasteiger partial charge in [-0.3, -0.25) is 0 Å². The molecule has 0 aliphatic rings. The molecule has 0 fully saturated rings. The summed E-state index contributed by atoms with van der Waals surface area (Å²) >= 11 is 0. The molecule has 166 valence electrons. The number of ether oxygens (including phenoxy) is 2. The molecule has 2 nitrogen and oxygen atoms in total. The van der Waals surface area contributed by atoms with Gasteiger partial charge in [-0.05, 0) is 46.5 Å². The van der Waals surface area contributed by atoms with Gasteiger partial charge in [0, 0.05) is 0 Å². The van der Waals surface area contributed by atoms with Crippen LogP contribution in [0.3, 0.4) is 0 Å². The largest absolute Gasteiger partial charge is 0.573 e. The van der Waals surface area contributed by atoms with E-state index >= 15 is 0 Å². The van der Waals surface area contributed by atoms with Crippen LogP contribution in [0.2, 0.25) is 0 Å². The molecule has 8 heteroatoms. The number of rotatable bonds is 6. The van der Waals surface area contributed by atoms with Gasteiger partial charge in [0.1, 0.15) is 11.5 Å². The predicted octanol–water partition coefficient (Wildman–Crippen LogP) is 7.82. The van der Waals surface area contributed by atoms with Crippen molar-refractivity contribution in [3.8, 4) is 11.5 Å². The van der Waals surface area contributed by atoms with Crippen LogP contribution in [-0.2, 0) is 0 Å². The molecule has 32 heavy (non-hydrogen) atoms. The lowest BCUT2D eigenvalue weighted by atomic mass is 10.1. The fraction of sp³-hybridized carbons (Fsp3) is 0.0833. The maximum atomic E-state index is 12.2. The molecule has 0 saturated carbocycles. The van der Waals surface area contributed by atoms with E-state index in [1.807, 2.05) is 36.4 Å². The molecular formula is C24H16F6O2. The van der Waals surface area contributed by atoms with Crippen molar-refractivity contribution in [2.45, 2.75) is 12.7 Å². The molecule has 0 aromatic heterocycles. The molecule has 3 aromatic carbocycles. The molecule has 0 atom stereocenters. The van der Waals surface area contributed by atoms with Crippen molar-refractivity contribution in [2.75, 3.05) is 0 Å². The predicted molar refractivity (Wildman–Crippen MR) is 111 cm³/mol. The molecule has 0 aliphatic carbocycles. The summed E-state index contributed by atoms with van der Waals surface area (Å²) in [5, 5.41) is 0. The number of hydrogen-bond donors (Lipinski definition) is 0. The summed E-state index contributed by atoms with van der Waals surface area (Å²) in [6, 6.07) is 18.4. The number of hydrogen-bond acceptors (Lipinski definition) is 2. The van der Waals surface area contributed by atoms with Crippen LogP contribution in [-0.4, -0.2) is 12.7 Å². The van der Waals surface area contributed by atoms with Crippen molar-refractivity contribution in [3.05, 3.63) is 95.1 Å². The van der Waals surface area contributed by atoms with E-state index in [1.54, 1.807) is 12.2 Å². The van der Waals surface area contributed by atoms with Gasteiger partial charge in [-0.25, -0.2) is 0 Å². The van der Waals surface area contributed by atoms with Gasteiger partial charge < -0.3 is 9.47 Å². The zero-order valence-electron chi connectivity index (χ0n) is 16.3. The number of alkyl halides is 6. The summed E-state index contributed by atoms with van der Waals surface area (Å²) in [5.41, 5.74) is 3.18. The minimum Gasteiger partial charge on any atom is -0.406 e. The fourth-order valence-corrected chi connectivity index (χ4v) is 2.66. The van der Waals surface area contributed by atoms with Gasteiger partial charge in [0.15, 0.2) is 0 Å². The Morgan fingerprint density at radius 2 is 0.625 bits per heavy atom. The lowest BCUT2D eigenvalue weighted by molar-refractivity contribution is -0.275. The first kappa shape index (κ1) is 23.0. The molecule has 0 bridgehead atoms. The smallest absolute Gasteiger partial charge is 0.406 e. The highest BCUT2D eigenvalue weighted by Gasteiger charge is 2.31. The van der Waals surface area contributed by atoms with E-state index < -0.39 is 12.7 Å². The Morgan fingerprint density at radius 3 is 0.844 bits per heavy atom. The van der Waals surface area contributed by atoms with Gasteiger partial charge in [-0.15, -0.1) is 26.3 Å². The quantitative estimate of drug-likeness (QED) is 0.282. The zero-order valence-corrected chi connectivity index (χ0v) is 16.3. The van der Waals surface area contributed by atoms with Crippen LogP contribution in [0, 0.1) is 0 Å². The average Bonchev–Trinajstić information content (AvgIpc) is 2.71. The molecule has 0 aliphatic heterocycles. The van der Waals surface area contributed by atoms with E-state index in [0.717, 1.165) is 11.1 Å². The molecular weight excluding hydrogens is 434 g/mol. The van der Waals surface area contributed by atoms with Crippen LogP contribution in [0.25, 0.3) is 24.3 Å². The van der Waals surface area contributed by atoms with Crippen molar-refractivity contribution < 1.29 is 35.8 Å². The highest BCUT2D eigenvalue weighted by Crippen LogP contribution is 2.24. The molecule has 3 rings (SSSR count). The summed E-state index contributed by atoms with van der Waals surface area (Å²) in [5.74, 6) is -0.568. The molecule has 0 heterocycles. The van der Waals surface area contributed by atoms with Crippen LogP contribution in [0.4, 0.5) is 26.3 Å². The van der Waals surface area contributed by atoms with Crippen LogP contribution in [0.15, 0.2) is 72.8 Å². The van der Waals surface area contributed by atoms with E-state index in [0.29, 0.717) is 11.1 Å². The Labute approximate surface area is 180 Å². The van der Waals surface area contributed by atoms with E-state index in [2.05, 4.69) is 9.47 Å². The second-order valence-corrected chi connectivity index (χ2v) is 6.57. The molecule has 0 amide bonds. The summed E-state index contributed by atoms with van der Waals surface area (Å²) in [6.07, 6.45) is -2.31. The van der Waals surface area contributed by atoms with Crippen LogP contribution < -0.4 is 9.47 Å². The Kier molecular flexibility index (Phi) is 6.92. The maximum absolute atomic E-state index is 12.2. The van der Waals surface area contributed by atoms with Gasteiger partial charge in [0.2, 0.25) is 0 Å². The minimum atomic E-state index is -4.72. The third-order valence-corrected chi connectivity index (χ3v) is 4.10. The van der Waals surface area contributed by atoms with Gasteiger partial charge in [-0.1, -0.05) is 72.8 Å². The van der Waals surface area contributed by atoms with Gasteiger partial charge in [0.05, 0.1) is 0 Å². The van der Waals surface area contributed by atoms with E-state index in [1.165, 1.54) is 48.5 Å². The van der Waals surface area contributed by atoms with Crippen LogP contribution in [0.5, 0.6) is 11.5 Å². The first-order valence-electron chi connectivity index (χ1n) is 9.24. The third-order valence-electron chi connectivity index (χ3n) is 4.10.